The highest BCUT2D eigenvalue weighted by Gasteiger charge is 2.20. The van der Waals surface area contributed by atoms with E-state index < -0.39 is 5.97 Å². The number of fused-ring (bicyclic) bond motifs is 3. The van der Waals surface area contributed by atoms with Crippen molar-refractivity contribution in [1.82, 2.24) is 4.57 Å². The van der Waals surface area contributed by atoms with E-state index in [9.17, 15) is 4.79 Å². The number of carboxylic acids is 1. The molecule has 18 heavy (non-hydrogen) atoms. The molecule has 1 aliphatic carbocycles. The maximum Gasteiger partial charge on any atom is 0.303 e. The minimum atomic E-state index is -0.705. The fourth-order valence-electron chi connectivity index (χ4n) is 3.07. The summed E-state index contributed by atoms with van der Waals surface area (Å²) in [5.74, 6) is -0.705. The van der Waals surface area contributed by atoms with Crippen LogP contribution >= 0.6 is 0 Å². The molecule has 0 radical (unpaired) electrons. The Hall–Kier alpha value is -1.77. The molecule has 0 amide bonds. The maximum absolute atomic E-state index is 10.6. The number of carboxylic acid groups (broad SMARTS) is 1. The standard InChI is InChI=1S/C15H17NO2/c17-15(18)9-4-10-16-13-7-2-1-5-11(13)12-6-3-8-14(12)16/h1-2,5,7H,3-4,6,8-10H2,(H,17,18). The quantitative estimate of drug-likeness (QED) is 0.897. The van der Waals surface area contributed by atoms with Crippen LogP contribution in [0.1, 0.15) is 30.5 Å². The van der Waals surface area contributed by atoms with Gasteiger partial charge in [0.05, 0.1) is 0 Å². The SMILES string of the molecule is O=C(O)CCCn1c2c(c3ccccc31)CCC2. The monoisotopic (exact) mass is 243 g/mol. The Bertz CT molecular complexity index is 598. The summed E-state index contributed by atoms with van der Waals surface area (Å²) in [5.41, 5.74) is 4.19. The second-order valence-corrected chi connectivity index (χ2v) is 4.94. The third-order valence-corrected chi connectivity index (χ3v) is 3.81. The van der Waals surface area contributed by atoms with E-state index in [4.69, 9.17) is 5.11 Å². The van der Waals surface area contributed by atoms with Gasteiger partial charge in [-0.2, -0.15) is 0 Å². The minimum Gasteiger partial charge on any atom is -0.481 e. The Kier molecular flexibility index (Phi) is 2.82. The highest BCUT2D eigenvalue weighted by atomic mass is 16.4. The topological polar surface area (TPSA) is 42.2 Å². The fourth-order valence-corrected chi connectivity index (χ4v) is 3.07. The van der Waals surface area contributed by atoms with Crippen LogP contribution < -0.4 is 0 Å². The van der Waals surface area contributed by atoms with E-state index in [1.54, 1.807) is 0 Å². The first kappa shape index (κ1) is 11.3. The molecule has 0 atom stereocenters. The lowest BCUT2D eigenvalue weighted by Crippen LogP contribution is -2.04. The van der Waals surface area contributed by atoms with E-state index in [1.807, 2.05) is 0 Å². The summed E-state index contributed by atoms with van der Waals surface area (Å²) < 4.78 is 2.33. The second kappa shape index (κ2) is 4.48. The smallest absolute Gasteiger partial charge is 0.303 e. The number of benzene rings is 1. The van der Waals surface area contributed by atoms with Crippen LogP contribution in [-0.2, 0) is 24.2 Å². The lowest BCUT2D eigenvalue weighted by atomic mass is 10.1. The summed E-state index contributed by atoms with van der Waals surface area (Å²) in [6.45, 7) is 0.822. The molecule has 2 aromatic rings. The molecule has 3 rings (SSSR count). The van der Waals surface area contributed by atoms with Crippen molar-refractivity contribution in [3.8, 4) is 0 Å². The molecule has 3 heteroatoms. The van der Waals surface area contributed by atoms with Crippen molar-refractivity contribution in [1.29, 1.82) is 0 Å². The summed E-state index contributed by atoms with van der Waals surface area (Å²) in [4.78, 5) is 10.6. The number of aryl methyl sites for hydroxylation is 2. The molecular weight excluding hydrogens is 226 g/mol. The highest BCUT2D eigenvalue weighted by molar-refractivity contribution is 5.86. The second-order valence-electron chi connectivity index (χ2n) is 4.94. The van der Waals surface area contributed by atoms with Crippen LogP contribution in [0.2, 0.25) is 0 Å². The van der Waals surface area contributed by atoms with E-state index in [-0.39, 0.29) is 6.42 Å². The molecule has 3 nitrogen and oxygen atoms in total. The average Bonchev–Trinajstić information content (AvgIpc) is 2.92. The van der Waals surface area contributed by atoms with E-state index in [0.717, 1.165) is 13.0 Å². The van der Waals surface area contributed by atoms with Crippen LogP contribution in [0.3, 0.4) is 0 Å². The zero-order chi connectivity index (χ0) is 12.5. The van der Waals surface area contributed by atoms with Crippen molar-refractivity contribution in [2.75, 3.05) is 0 Å². The molecule has 0 spiro atoms. The van der Waals surface area contributed by atoms with Gasteiger partial charge < -0.3 is 9.67 Å². The van der Waals surface area contributed by atoms with Gasteiger partial charge in [-0.1, -0.05) is 18.2 Å². The minimum absolute atomic E-state index is 0.251. The lowest BCUT2D eigenvalue weighted by molar-refractivity contribution is -0.137. The van der Waals surface area contributed by atoms with E-state index >= 15 is 0 Å². The summed E-state index contributed by atoms with van der Waals surface area (Å²) in [6.07, 6.45) is 4.50. The molecule has 0 saturated carbocycles. The molecule has 0 unspecified atom stereocenters. The Labute approximate surface area is 106 Å². The third kappa shape index (κ3) is 1.80. The number of aliphatic carboxylic acids is 1. The van der Waals surface area contributed by atoms with Crippen molar-refractivity contribution in [3.63, 3.8) is 0 Å². The van der Waals surface area contributed by atoms with E-state index in [2.05, 4.69) is 28.8 Å². The molecule has 1 N–H and O–H groups in total. The number of carbonyl (C=O) groups is 1. The lowest BCUT2D eigenvalue weighted by Gasteiger charge is -2.08. The molecule has 0 fully saturated rings. The number of hydrogen-bond donors (Lipinski definition) is 1. The first-order valence-electron chi connectivity index (χ1n) is 6.58. The van der Waals surface area contributed by atoms with Crippen molar-refractivity contribution in [2.45, 2.75) is 38.6 Å². The third-order valence-electron chi connectivity index (χ3n) is 3.81. The zero-order valence-electron chi connectivity index (χ0n) is 10.4. The van der Waals surface area contributed by atoms with Gasteiger partial charge in [-0.25, -0.2) is 0 Å². The van der Waals surface area contributed by atoms with Gasteiger partial charge in [0, 0.05) is 29.6 Å². The van der Waals surface area contributed by atoms with Crippen LogP contribution in [0, 0.1) is 0 Å². The maximum atomic E-state index is 10.6. The van der Waals surface area contributed by atoms with Crippen molar-refractivity contribution >= 4 is 16.9 Å². The molecule has 0 aliphatic heterocycles. The summed E-state index contributed by atoms with van der Waals surface area (Å²) in [7, 11) is 0. The van der Waals surface area contributed by atoms with Crippen molar-refractivity contribution in [2.24, 2.45) is 0 Å². The fraction of sp³-hybridized carbons (Fsp3) is 0.400. The molecule has 0 bridgehead atoms. The average molecular weight is 243 g/mol. The first-order valence-corrected chi connectivity index (χ1v) is 6.58. The van der Waals surface area contributed by atoms with Gasteiger partial charge in [-0.05, 0) is 37.3 Å². The van der Waals surface area contributed by atoms with Crippen molar-refractivity contribution in [3.05, 3.63) is 35.5 Å². The molecular formula is C15H17NO2. The van der Waals surface area contributed by atoms with Gasteiger partial charge >= 0.3 is 5.97 Å². The number of hydrogen-bond acceptors (Lipinski definition) is 1. The summed E-state index contributed by atoms with van der Waals surface area (Å²) in [5, 5.41) is 10.1. The molecule has 94 valence electrons. The molecule has 1 aliphatic rings. The number of para-hydroxylation sites is 1. The van der Waals surface area contributed by atoms with E-state index in [1.165, 1.54) is 35.0 Å². The van der Waals surface area contributed by atoms with Crippen LogP contribution in [0.5, 0.6) is 0 Å². The summed E-state index contributed by atoms with van der Waals surface area (Å²) in [6, 6.07) is 8.48. The Balaban J connectivity index is 1.97. The highest BCUT2D eigenvalue weighted by Crippen LogP contribution is 2.33. The van der Waals surface area contributed by atoms with Crippen molar-refractivity contribution < 1.29 is 9.90 Å². The molecule has 0 saturated heterocycles. The summed E-state index contributed by atoms with van der Waals surface area (Å²) >= 11 is 0. The largest absolute Gasteiger partial charge is 0.481 e. The Morgan fingerprint density at radius 3 is 2.94 bits per heavy atom. The van der Waals surface area contributed by atoms with Crippen LogP contribution in [0.4, 0.5) is 0 Å². The predicted molar refractivity (Wildman–Crippen MR) is 70.8 cm³/mol. The predicted octanol–water partition coefficient (Wildman–Crippen LogP) is 2.99. The molecule has 1 aromatic carbocycles. The van der Waals surface area contributed by atoms with Gasteiger partial charge in [-0.15, -0.1) is 0 Å². The number of aromatic nitrogens is 1. The van der Waals surface area contributed by atoms with Gasteiger partial charge in [-0.3, -0.25) is 4.79 Å². The van der Waals surface area contributed by atoms with Gasteiger partial charge in [0.1, 0.15) is 0 Å². The van der Waals surface area contributed by atoms with Crippen LogP contribution in [-0.4, -0.2) is 15.6 Å². The normalized spacial score (nSPS) is 14.0. The Morgan fingerprint density at radius 1 is 1.28 bits per heavy atom. The van der Waals surface area contributed by atoms with Crippen LogP contribution in [0.25, 0.3) is 10.9 Å². The Morgan fingerprint density at radius 2 is 2.11 bits per heavy atom. The van der Waals surface area contributed by atoms with Gasteiger partial charge in [0.2, 0.25) is 0 Å². The molecule has 1 heterocycles. The van der Waals surface area contributed by atoms with Gasteiger partial charge in [0.25, 0.3) is 0 Å². The number of nitrogens with zero attached hydrogens (tertiary/aromatic N) is 1. The zero-order valence-corrected chi connectivity index (χ0v) is 10.4. The first-order chi connectivity index (χ1) is 8.77. The van der Waals surface area contributed by atoms with Crippen LogP contribution in [0.15, 0.2) is 24.3 Å². The molecule has 1 aromatic heterocycles. The van der Waals surface area contributed by atoms with E-state index in [0.29, 0.717) is 6.42 Å². The van der Waals surface area contributed by atoms with Gasteiger partial charge in [0.15, 0.2) is 0 Å². The number of rotatable bonds is 4.